The normalized spacial score (nSPS) is 13.5. The Labute approximate surface area is 164 Å². The van der Waals surface area contributed by atoms with E-state index in [-0.39, 0.29) is 11.7 Å². The maximum atomic E-state index is 13.1. The highest BCUT2D eigenvalue weighted by Gasteiger charge is 2.23. The van der Waals surface area contributed by atoms with Crippen LogP contribution in [0.2, 0.25) is 0 Å². The molecule has 1 amide bonds. The fourth-order valence-electron chi connectivity index (χ4n) is 3.40. The molecule has 0 bridgehead atoms. The van der Waals surface area contributed by atoms with E-state index in [1.807, 2.05) is 24.3 Å². The minimum Gasteiger partial charge on any atom is -0.463 e. The van der Waals surface area contributed by atoms with E-state index in [0.29, 0.717) is 39.0 Å². The van der Waals surface area contributed by atoms with Gasteiger partial charge in [-0.05, 0) is 37.1 Å². The van der Waals surface area contributed by atoms with Gasteiger partial charge >= 0.3 is 0 Å². The van der Waals surface area contributed by atoms with Gasteiger partial charge in [0.2, 0.25) is 0 Å². The summed E-state index contributed by atoms with van der Waals surface area (Å²) in [6, 6.07) is 12.8. The Morgan fingerprint density at radius 3 is 2.82 bits per heavy atom. The number of aryl methyl sites for hydroxylation is 1. The van der Waals surface area contributed by atoms with Gasteiger partial charge in [0.1, 0.15) is 5.69 Å². The first-order chi connectivity index (χ1) is 13.7. The Balaban J connectivity index is 1.55. The van der Waals surface area contributed by atoms with E-state index in [1.165, 1.54) is 11.3 Å². The molecule has 1 aliphatic carbocycles. The van der Waals surface area contributed by atoms with Crippen molar-refractivity contribution in [1.82, 2.24) is 9.97 Å². The summed E-state index contributed by atoms with van der Waals surface area (Å²) < 4.78 is 5.45. The quantitative estimate of drug-likeness (QED) is 0.548. The van der Waals surface area contributed by atoms with Crippen molar-refractivity contribution < 1.29 is 14.0 Å². The summed E-state index contributed by atoms with van der Waals surface area (Å²) in [6.07, 6.45) is 3.70. The number of aromatic nitrogens is 2. The number of nitrogens with one attached hydrogen (secondary N) is 1. The van der Waals surface area contributed by atoms with Crippen molar-refractivity contribution in [2.24, 2.45) is 0 Å². The minimum absolute atomic E-state index is 0.105. The fourth-order valence-corrected chi connectivity index (χ4v) is 4.38. The number of nitrogens with zero attached hydrogens (tertiary/aromatic N) is 2. The van der Waals surface area contributed by atoms with Crippen LogP contribution in [-0.4, -0.2) is 21.7 Å². The van der Waals surface area contributed by atoms with Crippen LogP contribution in [0.3, 0.4) is 0 Å². The number of benzene rings is 1. The van der Waals surface area contributed by atoms with Gasteiger partial charge in [0, 0.05) is 11.8 Å². The van der Waals surface area contributed by atoms with Crippen LogP contribution in [0.15, 0.2) is 53.1 Å². The van der Waals surface area contributed by atoms with E-state index in [0.717, 1.165) is 23.9 Å². The average Bonchev–Trinajstić information content (AvgIpc) is 3.37. The van der Waals surface area contributed by atoms with Crippen molar-refractivity contribution in [3.8, 4) is 11.5 Å². The Morgan fingerprint density at radius 2 is 2.00 bits per heavy atom. The van der Waals surface area contributed by atoms with Crippen LogP contribution in [0.4, 0.5) is 5.13 Å². The number of anilines is 1. The maximum Gasteiger partial charge on any atom is 0.258 e. The zero-order valence-electron chi connectivity index (χ0n) is 14.8. The van der Waals surface area contributed by atoms with E-state index in [4.69, 9.17) is 4.42 Å². The molecule has 0 unspecified atom stereocenters. The number of hydrogen-bond acceptors (Lipinski definition) is 6. The molecule has 0 aliphatic heterocycles. The molecule has 0 atom stereocenters. The van der Waals surface area contributed by atoms with Crippen LogP contribution in [0.1, 0.15) is 38.6 Å². The molecule has 5 rings (SSSR count). The number of furan rings is 1. The highest BCUT2D eigenvalue weighted by atomic mass is 32.1. The molecule has 0 spiro atoms. The second-order valence-electron chi connectivity index (χ2n) is 6.58. The number of carbonyl (C=O) groups is 2. The van der Waals surface area contributed by atoms with Gasteiger partial charge in [0.25, 0.3) is 5.91 Å². The van der Waals surface area contributed by atoms with Gasteiger partial charge in [-0.25, -0.2) is 9.97 Å². The number of pyridine rings is 1. The lowest BCUT2D eigenvalue weighted by Crippen LogP contribution is -2.13. The highest BCUT2D eigenvalue weighted by Crippen LogP contribution is 2.31. The van der Waals surface area contributed by atoms with Gasteiger partial charge in [-0.15, -0.1) is 0 Å². The van der Waals surface area contributed by atoms with E-state index < -0.39 is 0 Å². The Hall–Kier alpha value is -3.32. The summed E-state index contributed by atoms with van der Waals surface area (Å²) in [5.74, 6) is 0.411. The monoisotopic (exact) mass is 389 g/mol. The predicted molar refractivity (Wildman–Crippen MR) is 107 cm³/mol. The summed E-state index contributed by atoms with van der Waals surface area (Å²) in [7, 11) is 0. The lowest BCUT2D eigenvalue weighted by atomic mass is 10.0. The Bertz CT molecular complexity index is 1210. The first-order valence-corrected chi connectivity index (χ1v) is 9.78. The number of Topliss-reactive ketones (excluding diaryl/α,β-unsaturated/α-hetero) is 1. The molecule has 0 saturated heterocycles. The van der Waals surface area contributed by atoms with Crippen LogP contribution in [-0.2, 0) is 6.42 Å². The summed E-state index contributed by atoms with van der Waals surface area (Å²) in [5.41, 5.74) is 2.56. The van der Waals surface area contributed by atoms with Gasteiger partial charge in [0.05, 0.1) is 27.9 Å². The molecule has 0 saturated carbocycles. The van der Waals surface area contributed by atoms with Crippen molar-refractivity contribution >= 4 is 39.1 Å². The highest BCUT2D eigenvalue weighted by molar-refractivity contribution is 7.17. The second kappa shape index (κ2) is 6.69. The number of thiazole rings is 1. The second-order valence-corrected chi connectivity index (χ2v) is 7.57. The van der Waals surface area contributed by atoms with Crippen molar-refractivity contribution in [2.45, 2.75) is 19.3 Å². The van der Waals surface area contributed by atoms with Gasteiger partial charge in [-0.3, -0.25) is 14.9 Å². The number of fused-ring (bicyclic) bond motifs is 2. The van der Waals surface area contributed by atoms with Crippen LogP contribution in [0.25, 0.3) is 22.4 Å². The van der Waals surface area contributed by atoms with Crippen LogP contribution in [0, 0.1) is 0 Å². The van der Waals surface area contributed by atoms with Crippen LogP contribution >= 0.6 is 11.3 Å². The molecule has 28 heavy (non-hydrogen) atoms. The van der Waals surface area contributed by atoms with Gasteiger partial charge < -0.3 is 4.42 Å². The van der Waals surface area contributed by atoms with E-state index in [9.17, 15) is 9.59 Å². The summed E-state index contributed by atoms with van der Waals surface area (Å²) in [6.45, 7) is 0. The fraction of sp³-hybridized carbons (Fsp3) is 0.143. The number of hydrogen-bond donors (Lipinski definition) is 1. The summed E-state index contributed by atoms with van der Waals surface area (Å²) >= 11 is 1.25. The largest absolute Gasteiger partial charge is 0.463 e. The molecule has 0 fully saturated rings. The zero-order chi connectivity index (χ0) is 19.1. The molecule has 138 valence electrons. The standard InChI is InChI=1S/C21H15N3O3S/c25-17-8-3-7-15-19(17)28-21(23-15)24-20(26)13-11-16(18-9-4-10-27-18)22-14-6-2-1-5-12(13)14/h1-2,4-6,9-11H,3,7-8H2,(H,23,24,26). The third-order valence-corrected chi connectivity index (χ3v) is 5.78. The summed E-state index contributed by atoms with van der Waals surface area (Å²) in [5, 5.41) is 4.05. The molecule has 6 nitrogen and oxygen atoms in total. The van der Waals surface area contributed by atoms with Gasteiger partial charge in [0.15, 0.2) is 16.7 Å². The SMILES string of the molecule is O=C1CCCc2nc(NC(=O)c3cc(-c4ccco4)nc4ccccc34)sc21. The van der Waals surface area contributed by atoms with Crippen molar-refractivity contribution in [3.63, 3.8) is 0 Å². The van der Waals surface area contributed by atoms with E-state index in [2.05, 4.69) is 15.3 Å². The van der Waals surface area contributed by atoms with Crippen molar-refractivity contribution in [3.05, 3.63) is 64.9 Å². The number of ketones is 1. The zero-order valence-corrected chi connectivity index (χ0v) is 15.6. The van der Waals surface area contributed by atoms with E-state index >= 15 is 0 Å². The molecule has 3 heterocycles. The molecule has 4 aromatic rings. The lowest BCUT2D eigenvalue weighted by molar-refractivity contribution is 0.0975. The number of amides is 1. The van der Waals surface area contributed by atoms with E-state index in [1.54, 1.807) is 24.5 Å². The molecule has 7 heteroatoms. The Morgan fingerprint density at radius 1 is 1.11 bits per heavy atom. The molecule has 3 aromatic heterocycles. The number of rotatable bonds is 3. The topological polar surface area (TPSA) is 85.1 Å². The lowest BCUT2D eigenvalue weighted by Gasteiger charge is -2.08. The third kappa shape index (κ3) is 2.90. The number of carbonyl (C=O) groups excluding carboxylic acids is 2. The van der Waals surface area contributed by atoms with Gasteiger partial charge in [-0.2, -0.15) is 0 Å². The van der Waals surface area contributed by atoms with Gasteiger partial charge in [-0.1, -0.05) is 29.5 Å². The predicted octanol–water partition coefficient (Wildman–Crippen LogP) is 4.72. The molecule has 1 aliphatic rings. The van der Waals surface area contributed by atoms with Crippen LogP contribution < -0.4 is 5.32 Å². The number of para-hydroxylation sites is 1. The first kappa shape index (κ1) is 16.8. The molecular weight excluding hydrogens is 374 g/mol. The summed E-state index contributed by atoms with van der Waals surface area (Å²) in [4.78, 5) is 34.8. The van der Waals surface area contributed by atoms with Crippen molar-refractivity contribution in [2.75, 3.05) is 5.32 Å². The average molecular weight is 389 g/mol. The smallest absolute Gasteiger partial charge is 0.258 e. The Kier molecular flexibility index (Phi) is 4.02. The van der Waals surface area contributed by atoms with Crippen LogP contribution in [0.5, 0.6) is 0 Å². The third-order valence-electron chi connectivity index (χ3n) is 4.72. The first-order valence-electron chi connectivity index (χ1n) is 8.97. The molecule has 1 aromatic carbocycles. The minimum atomic E-state index is -0.287. The molecular formula is C21H15N3O3S. The molecule has 1 N–H and O–H groups in total. The van der Waals surface area contributed by atoms with Crippen molar-refractivity contribution in [1.29, 1.82) is 0 Å². The maximum absolute atomic E-state index is 13.1. The molecule has 0 radical (unpaired) electrons.